The molecule has 21 heteroatoms. The van der Waals surface area contributed by atoms with Crippen molar-refractivity contribution in [3.05, 3.63) is 202 Å². The van der Waals surface area contributed by atoms with Crippen LogP contribution >= 0.6 is 31.9 Å². The second-order valence-electron chi connectivity index (χ2n) is 15.6. The molecule has 0 aliphatic heterocycles. The molecule has 0 unspecified atom stereocenters. The quantitative estimate of drug-likeness (QED) is 0.0363. The molecule has 0 fully saturated rings. The van der Waals surface area contributed by atoms with Gasteiger partial charge >= 0.3 is 5.69 Å². The van der Waals surface area contributed by atoms with Gasteiger partial charge in [0.05, 0.1) is 28.0 Å². The number of halogens is 5. The monoisotopic (exact) mass is 1120 g/mol. The van der Waals surface area contributed by atoms with Gasteiger partial charge in [-0.3, -0.25) is 39.4 Å². The molecule has 0 heterocycles. The zero-order valence-corrected chi connectivity index (χ0v) is 43.4. The second-order valence-corrected chi connectivity index (χ2v) is 17.4. The van der Waals surface area contributed by atoms with E-state index in [1.165, 1.54) is 57.2 Å². The number of amides is 4. The Bertz CT molecular complexity index is 2760. The summed E-state index contributed by atoms with van der Waals surface area (Å²) in [5.74, 6) is -1.89. The molecule has 7 N–H and O–H groups in total. The SMILES string of the molecule is CC(=O)N[C@H](C)c1ccc(F)c([N+](=O)[O-])c1.CC(=O)N[C@H](C)c1ccc(F)cc1.CC(=O)N[C@H](C)c1ccc(Nc2cccc(Br)c2)c([N+](=O)[O-])c1.C[C@@H](N)c1ccc(F)cc1.O=CNc1cccc(Br)c1. The van der Waals surface area contributed by atoms with Gasteiger partial charge in [-0.2, -0.15) is 4.39 Å². The summed E-state index contributed by atoms with van der Waals surface area (Å²) in [7, 11) is 0. The van der Waals surface area contributed by atoms with Crippen molar-refractivity contribution in [3.63, 3.8) is 0 Å². The summed E-state index contributed by atoms with van der Waals surface area (Å²) in [4.78, 5) is 63.2. The normalized spacial score (nSPS) is 11.6. The predicted octanol–water partition coefficient (Wildman–Crippen LogP) is 12.1. The summed E-state index contributed by atoms with van der Waals surface area (Å²) in [5.41, 5.74) is 9.86. The molecular formula is C51H55Br2F3N8O8. The third kappa shape index (κ3) is 23.0. The summed E-state index contributed by atoms with van der Waals surface area (Å²) in [6, 6.07) is 34.7. The van der Waals surface area contributed by atoms with Crippen LogP contribution in [0.3, 0.4) is 0 Å². The summed E-state index contributed by atoms with van der Waals surface area (Å²) >= 11 is 6.64. The van der Waals surface area contributed by atoms with Crippen LogP contribution in [0, 0.1) is 37.7 Å². The van der Waals surface area contributed by atoms with Gasteiger partial charge in [-0.05, 0) is 123 Å². The van der Waals surface area contributed by atoms with Crippen molar-refractivity contribution in [2.45, 2.75) is 72.6 Å². The number of nitrogens with two attached hydrogens (primary N) is 1. The Hall–Kier alpha value is -7.49. The number of benzene rings is 6. The number of nitro groups is 2. The fraction of sp³-hybridized carbons (Fsp3) is 0.216. The first-order chi connectivity index (χ1) is 33.9. The molecule has 382 valence electrons. The molecule has 4 amide bonds. The van der Waals surface area contributed by atoms with Gasteiger partial charge in [-0.25, -0.2) is 8.78 Å². The number of carbonyl (C=O) groups excluding carboxylic acids is 4. The highest BCUT2D eigenvalue weighted by Gasteiger charge is 2.19. The van der Waals surface area contributed by atoms with E-state index in [-0.39, 0.29) is 53.2 Å². The first kappa shape index (κ1) is 60.6. The largest absolute Gasteiger partial charge is 0.350 e. The topological polar surface area (TPSA) is 241 Å². The maximum atomic E-state index is 13.0. The lowest BCUT2D eigenvalue weighted by atomic mass is 10.1. The smallest absolute Gasteiger partial charge is 0.305 e. The van der Waals surface area contributed by atoms with Crippen LogP contribution < -0.4 is 32.3 Å². The minimum Gasteiger partial charge on any atom is -0.350 e. The standard InChI is InChI=1S/C16H16BrN3O3.C10H11FN2O3.C10H12FNO.C8H10FN.C7H6BrNO/c1-10(18-11(2)21)12-6-7-15(16(8-12)20(22)23)19-14-5-3-4-13(17)9-14;1-6(12-7(2)14)8-3-4-9(11)10(5-8)13(15)16;1-7(12-8(2)13)9-3-5-10(11)6-4-9;1-6(10)7-2-4-8(9)5-3-7;8-6-2-1-3-7(4-6)9-5-10/h3-10,19H,1-2H3,(H,18,21);3-6H,1-2H3,(H,12,14);3-7H,1-2H3,(H,12,13);2-6H,10H2,1H3;1-5H,(H,9,10)/t10-;6-;7-;6-;/m1111./s1. The highest BCUT2D eigenvalue weighted by atomic mass is 79.9. The lowest BCUT2D eigenvalue weighted by molar-refractivity contribution is -0.387. The minimum atomic E-state index is -0.885. The van der Waals surface area contributed by atoms with Gasteiger partial charge in [0.1, 0.15) is 17.3 Å². The van der Waals surface area contributed by atoms with E-state index in [4.69, 9.17) is 5.73 Å². The predicted molar refractivity (Wildman–Crippen MR) is 280 cm³/mol. The highest BCUT2D eigenvalue weighted by Crippen LogP contribution is 2.31. The Kier molecular flexibility index (Phi) is 26.1. The van der Waals surface area contributed by atoms with Crippen molar-refractivity contribution < 1.29 is 42.2 Å². The molecule has 6 rings (SSSR count). The molecule has 0 radical (unpaired) electrons. The number of nitrogens with zero attached hydrogens (tertiary/aromatic N) is 2. The lowest BCUT2D eigenvalue weighted by Gasteiger charge is -2.14. The number of anilines is 3. The third-order valence-corrected chi connectivity index (χ3v) is 10.6. The van der Waals surface area contributed by atoms with Crippen LogP contribution in [-0.4, -0.2) is 34.0 Å². The van der Waals surface area contributed by atoms with Crippen molar-refractivity contribution in [2.75, 3.05) is 10.6 Å². The molecule has 0 saturated heterocycles. The van der Waals surface area contributed by atoms with Gasteiger partial charge in [0.25, 0.3) is 5.69 Å². The fourth-order valence-corrected chi connectivity index (χ4v) is 6.86. The summed E-state index contributed by atoms with van der Waals surface area (Å²) < 4.78 is 39.7. The van der Waals surface area contributed by atoms with E-state index in [2.05, 4.69) is 58.4 Å². The van der Waals surface area contributed by atoms with Crippen LogP contribution in [0.2, 0.25) is 0 Å². The molecule has 0 bridgehead atoms. The molecule has 0 aliphatic carbocycles. The zero-order valence-electron chi connectivity index (χ0n) is 40.2. The van der Waals surface area contributed by atoms with Crippen molar-refractivity contribution in [2.24, 2.45) is 5.73 Å². The van der Waals surface area contributed by atoms with E-state index >= 15 is 0 Å². The van der Waals surface area contributed by atoms with E-state index in [1.54, 1.807) is 50.2 Å². The Morgan fingerprint density at radius 2 is 0.944 bits per heavy atom. The van der Waals surface area contributed by atoms with Gasteiger partial charge in [-0.15, -0.1) is 0 Å². The van der Waals surface area contributed by atoms with Crippen molar-refractivity contribution >= 4 is 84.4 Å². The lowest BCUT2D eigenvalue weighted by Crippen LogP contribution is -2.23. The van der Waals surface area contributed by atoms with E-state index in [9.17, 15) is 52.6 Å². The van der Waals surface area contributed by atoms with E-state index < -0.39 is 27.4 Å². The first-order valence-electron chi connectivity index (χ1n) is 21.7. The van der Waals surface area contributed by atoms with Crippen LogP contribution in [0.1, 0.15) is 94.9 Å². The number of nitrogens with one attached hydrogen (secondary N) is 5. The average molecular weight is 1120 g/mol. The molecule has 0 saturated carbocycles. The van der Waals surface area contributed by atoms with E-state index in [0.717, 1.165) is 43.6 Å². The number of rotatable bonds is 13. The second kappa shape index (κ2) is 31.0. The fourth-order valence-electron chi connectivity index (χ4n) is 6.06. The molecule has 6 aromatic rings. The molecule has 6 aromatic carbocycles. The average Bonchev–Trinajstić information content (AvgIpc) is 3.30. The van der Waals surface area contributed by atoms with Gasteiger partial charge in [0.2, 0.25) is 29.9 Å². The van der Waals surface area contributed by atoms with Crippen LogP contribution in [0.25, 0.3) is 0 Å². The van der Waals surface area contributed by atoms with Crippen molar-refractivity contribution in [3.8, 4) is 0 Å². The highest BCUT2D eigenvalue weighted by molar-refractivity contribution is 9.10. The van der Waals surface area contributed by atoms with Gasteiger partial charge in [-0.1, -0.05) is 80.4 Å². The summed E-state index contributed by atoms with van der Waals surface area (Å²) in [6.45, 7) is 11.4. The van der Waals surface area contributed by atoms with Crippen LogP contribution in [0.4, 0.5) is 41.6 Å². The molecular weight excluding hydrogens is 1070 g/mol. The molecule has 72 heavy (non-hydrogen) atoms. The van der Waals surface area contributed by atoms with Crippen molar-refractivity contribution in [1.82, 2.24) is 16.0 Å². The Morgan fingerprint density at radius 3 is 1.36 bits per heavy atom. The molecule has 0 aromatic heterocycles. The minimum absolute atomic E-state index is 0.0133. The molecule has 0 aliphatic rings. The summed E-state index contributed by atoms with van der Waals surface area (Å²) in [5, 5.41) is 35.4. The zero-order chi connectivity index (χ0) is 54.1. The Morgan fingerprint density at radius 1 is 0.556 bits per heavy atom. The maximum absolute atomic E-state index is 13.0. The van der Waals surface area contributed by atoms with E-state index in [1.807, 2.05) is 62.4 Å². The van der Waals surface area contributed by atoms with Crippen LogP contribution in [0.15, 0.2) is 142 Å². The van der Waals surface area contributed by atoms with Gasteiger partial charge in [0, 0.05) is 59.3 Å². The Labute approximate surface area is 431 Å². The number of carbonyl (C=O) groups is 4. The van der Waals surface area contributed by atoms with Gasteiger partial charge in [0.15, 0.2) is 0 Å². The molecule has 16 nitrogen and oxygen atoms in total. The Balaban J connectivity index is 0.000000321. The number of hydrogen-bond acceptors (Lipinski definition) is 10. The molecule has 0 spiro atoms. The molecule has 4 atom stereocenters. The number of nitro benzene ring substituents is 2. The van der Waals surface area contributed by atoms with Gasteiger partial charge < -0.3 is 32.3 Å². The van der Waals surface area contributed by atoms with Crippen LogP contribution in [-0.2, 0) is 19.2 Å². The van der Waals surface area contributed by atoms with E-state index in [0.29, 0.717) is 23.2 Å². The van der Waals surface area contributed by atoms with Crippen LogP contribution in [0.5, 0.6) is 0 Å². The third-order valence-electron chi connectivity index (χ3n) is 9.56. The maximum Gasteiger partial charge on any atom is 0.305 e. The first-order valence-corrected chi connectivity index (χ1v) is 23.3. The summed E-state index contributed by atoms with van der Waals surface area (Å²) in [6.07, 6.45) is 0.655. The van der Waals surface area contributed by atoms with Crippen molar-refractivity contribution in [1.29, 1.82) is 0 Å². The number of hydrogen-bond donors (Lipinski definition) is 6.